The maximum Gasteiger partial charge on any atom is 0.119 e. The van der Waals surface area contributed by atoms with Gasteiger partial charge in [0, 0.05) is 19.3 Å². The molecule has 1 heterocycles. The molecule has 2 aromatic rings. The summed E-state index contributed by atoms with van der Waals surface area (Å²) in [6.07, 6.45) is 1.89. The molecule has 0 fully saturated rings. The third-order valence-corrected chi connectivity index (χ3v) is 3.20. The molecule has 0 N–H and O–H groups in total. The molecular formula is C15H17BrN2O. The minimum absolute atomic E-state index is 0.685. The van der Waals surface area contributed by atoms with Gasteiger partial charge in [-0.2, -0.15) is 0 Å². The van der Waals surface area contributed by atoms with Gasteiger partial charge in [0.05, 0.1) is 0 Å². The van der Waals surface area contributed by atoms with Gasteiger partial charge in [0.2, 0.25) is 0 Å². The highest BCUT2D eigenvalue weighted by Crippen LogP contribution is 2.09. The Labute approximate surface area is 122 Å². The summed E-state index contributed by atoms with van der Waals surface area (Å²) in [4.78, 5) is 6.43. The van der Waals surface area contributed by atoms with E-state index in [0.717, 1.165) is 23.4 Å². The average Bonchev–Trinajstić information content (AvgIpc) is 2.43. The largest absolute Gasteiger partial charge is 0.492 e. The van der Waals surface area contributed by atoms with Crippen LogP contribution in [0.15, 0.2) is 53.3 Å². The zero-order chi connectivity index (χ0) is 13.5. The van der Waals surface area contributed by atoms with E-state index in [1.165, 1.54) is 5.56 Å². The number of benzene rings is 1. The quantitative estimate of drug-likeness (QED) is 0.763. The van der Waals surface area contributed by atoms with Crippen molar-refractivity contribution in [3.05, 3.63) is 58.8 Å². The van der Waals surface area contributed by atoms with Gasteiger partial charge >= 0.3 is 0 Å². The number of pyridine rings is 1. The molecule has 0 aliphatic rings. The molecule has 0 aliphatic carbocycles. The molecular weight excluding hydrogens is 304 g/mol. The Hall–Kier alpha value is -1.39. The summed E-state index contributed by atoms with van der Waals surface area (Å²) in [7, 11) is 2.08. The van der Waals surface area contributed by atoms with E-state index in [1.54, 1.807) is 0 Å². The first-order chi connectivity index (χ1) is 9.24. The van der Waals surface area contributed by atoms with E-state index in [0.29, 0.717) is 6.61 Å². The molecule has 0 atom stereocenters. The third kappa shape index (κ3) is 5.01. The van der Waals surface area contributed by atoms with Gasteiger partial charge in [-0.3, -0.25) is 4.90 Å². The number of ether oxygens (including phenoxy) is 1. The normalized spacial score (nSPS) is 10.7. The van der Waals surface area contributed by atoms with Gasteiger partial charge in [-0.05, 0) is 46.7 Å². The second-order valence-corrected chi connectivity index (χ2v) is 5.20. The monoisotopic (exact) mass is 320 g/mol. The van der Waals surface area contributed by atoms with Crippen molar-refractivity contribution >= 4 is 15.9 Å². The third-order valence-electron chi connectivity index (χ3n) is 2.73. The minimum Gasteiger partial charge on any atom is -0.492 e. The summed E-state index contributed by atoms with van der Waals surface area (Å²) in [5.41, 5.74) is 1.20. The maximum absolute atomic E-state index is 5.67. The van der Waals surface area contributed by atoms with Crippen molar-refractivity contribution in [3.8, 4) is 5.75 Å². The fraction of sp³-hybridized carbons (Fsp3) is 0.267. The van der Waals surface area contributed by atoms with Crippen LogP contribution >= 0.6 is 15.9 Å². The Morgan fingerprint density at radius 2 is 1.95 bits per heavy atom. The van der Waals surface area contributed by atoms with Gasteiger partial charge in [-0.25, -0.2) is 4.98 Å². The molecule has 4 heteroatoms. The van der Waals surface area contributed by atoms with Crippen LogP contribution < -0.4 is 4.74 Å². The second kappa shape index (κ2) is 7.26. The summed E-state index contributed by atoms with van der Waals surface area (Å²) in [6.45, 7) is 2.44. The molecule has 0 amide bonds. The lowest BCUT2D eigenvalue weighted by atomic mass is 10.3. The van der Waals surface area contributed by atoms with E-state index in [1.807, 2.05) is 42.6 Å². The Balaban J connectivity index is 1.73. The molecule has 1 aromatic carbocycles. The lowest BCUT2D eigenvalue weighted by Gasteiger charge is -2.16. The SMILES string of the molecule is CN(CCOc1ccccc1)Cc1ccc(Br)nc1. The van der Waals surface area contributed by atoms with E-state index in [-0.39, 0.29) is 0 Å². The fourth-order valence-electron chi connectivity index (χ4n) is 1.73. The lowest BCUT2D eigenvalue weighted by molar-refractivity contribution is 0.232. The number of likely N-dealkylation sites (N-methyl/N-ethyl adjacent to an activating group) is 1. The highest BCUT2D eigenvalue weighted by Gasteiger charge is 2.01. The predicted octanol–water partition coefficient (Wildman–Crippen LogP) is 3.35. The van der Waals surface area contributed by atoms with E-state index >= 15 is 0 Å². The van der Waals surface area contributed by atoms with E-state index in [9.17, 15) is 0 Å². The average molecular weight is 321 g/mol. The predicted molar refractivity (Wildman–Crippen MR) is 80.2 cm³/mol. The Kier molecular flexibility index (Phi) is 5.36. The van der Waals surface area contributed by atoms with Crippen LogP contribution in [0.1, 0.15) is 5.56 Å². The van der Waals surface area contributed by atoms with Crippen molar-refractivity contribution in [1.82, 2.24) is 9.88 Å². The van der Waals surface area contributed by atoms with Crippen LogP contribution in [0.3, 0.4) is 0 Å². The standard InChI is InChI=1S/C15H17BrN2O/c1-18(12-13-7-8-15(16)17-11-13)9-10-19-14-5-3-2-4-6-14/h2-8,11H,9-10,12H2,1H3. The number of aromatic nitrogens is 1. The van der Waals surface area contributed by atoms with E-state index in [4.69, 9.17) is 4.74 Å². The zero-order valence-corrected chi connectivity index (χ0v) is 12.5. The summed E-state index contributed by atoms with van der Waals surface area (Å²) in [6, 6.07) is 13.9. The van der Waals surface area contributed by atoms with Crippen molar-refractivity contribution in [2.75, 3.05) is 20.2 Å². The first-order valence-electron chi connectivity index (χ1n) is 6.21. The molecule has 2 rings (SSSR count). The molecule has 0 unspecified atom stereocenters. The van der Waals surface area contributed by atoms with Gasteiger partial charge in [-0.15, -0.1) is 0 Å². The first-order valence-corrected chi connectivity index (χ1v) is 7.00. The van der Waals surface area contributed by atoms with Crippen LogP contribution in [0.4, 0.5) is 0 Å². The van der Waals surface area contributed by atoms with Crippen molar-refractivity contribution in [2.45, 2.75) is 6.54 Å². The fourth-order valence-corrected chi connectivity index (χ4v) is 1.96. The molecule has 0 saturated heterocycles. The number of hydrogen-bond acceptors (Lipinski definition) is 3. The summed E-state index contributed by atoms with van der Waals surface area (Å²) >= 11 is 3.33. The molecule has 100 valence electrons. The van der Waals surface area contributed by atoms with E-state index in [2.05, 4.69) is 38.9 Å². The van der Waals surface area contributed by atoms with Gasteiger partial charge in [0.1, 0.15) is 17.0 Å². The van der Waals surface area contributed by atoms with Crippen molar-refractivity contribution in [3.63, 3.8) is 0 Å². The highest BCUT2D eigenvalue weighted by molar-refractivity contribution is 9.10. The van der Waals surface area contributed by atoms with Crippen LogP contribution in [0.5, 0.6) is 5.75 Å². The number of para-hydroxylation sites is 1. The topological polar surface area (TPSA) is 25.4 Å². The number of halogens is 1. The minimum atomic E-state index is 0.685. The van der Waals surface area contributed by atoms with Crippen LogP contribution in [0.25, 0.3) is 0 Å². The highest BCUT2D eigenvalue weighted by atomic mass is 79.9. The zero-order valence-electron chi connectivity index (χ0n) is 10.9. The lowest BCUT2D eigenvalue weighted by Crippen LogP contribution is -2.23. The first kappa shape index (κ1) is 14.0. The molecule has 19 heavy (non-hydrogen) atoms. The van der Waals surface area contributed by atoms with Gasteiger partial charge in [0.25, 0.3) is 0 Å². The molecule has 1 aromatic heterocycles. The molecule has 0 spiro atoms. The smallest absolute Gasteiger partial charge is 0.119 e. The number of hydrogen-bond donors (Lipinski definition) is 0. The molecule has 0 radical (unpaired) electrons. The van der Waals surface area contributed by atoms with Crippen LogP contribution in [0, 0.1) is 0 Å². The van der Waals surface area contributed by atoms with Crippen molar-refractivity contribution in [1.29, 1.82) is 0 Å². The number of nitrogens with zero attached hydrogens (tertiary/aromatic N) is 2. The van der Waals surface area contributed by atoms with Crippen LogP contribution in [0.2, 0.25) is 0 Å². The van der Waals surface area contributed by atoms with Crippen molar-refractivity contribution < 1.29 is 4.74 Å². The molecule has 0 bridgehead atoms. The van der Waals surface area contributed by atoms with Crippen LogP contribution in [-0.4, -0.2) is 30.1 Å². The number of rotatable bonds is 6. The van der Waals surface area contributed by atoms with Gasteiger partial charge in [0.15, 0.2) is 0 Å². The summed E-state index contributed by atoms with van der Waals surface area (Å²) in [5.74, 6) is 0.918. The second-order valence-electron chi connectivity index (χ2n) is 4.39. The van der Waals surface area contributed by atoms with Crippen molar-refractivity contribution in [2.24, 2.45) is 0 Å². The summed E-state index contributed by atoms with van der Waals surface area (Å²) < 4.78 is 6.54. The Morgan fingerprint density at radius 1 is 1.16 bits per heavy atom. The van der Waals surface area contributed by atoms with Gasteiger partial charge < -0.3 is 4.74 Å². The Bertz CT molecular complexity index is 487. The summed E-state index contributed by atoms with van der Waals surface area (Å²) in [5, 5.41) is 0. The molecule has 0 aliphatic heterocycles. The van der Waals surface area contributed by atoms with Crippen LogP contribution in [-0.2, 0) is 6.54 Å². The van der Waals surface area contributed by atoms with Gasteiger partial charge in [-0.1, -0.05) is 24.3 Å². The van der Waals surface area contributed by atoms with E-state index < -0.39 is 0 Å². The maximum atomic E-state index is 5.67. The molecule has 3 nitrogen and oxygen atoms in total. The molecule has 0 saturated carbocycles. The Morgan fingerprint density at radius 3 is 2.63 bits per heavy atom.